The van der Waals surface area contributed by atoms with E-state index in [2.05, 4.69) is 4.98 Å². The standard InChI is InChI=1S/C7H10NO3P/c1-5-3-7(12(9,10)11)4-6(2)8-5/h3-4H,1-2H3,(H2,9,10,11). The molecule has 1 aromatic heterocycles. The van der Waals surface area contributed by atoms with E-state index in [1.807, 2.05) is 0 Å². The molecule has 12 heavy (non-hydrogen) atoms. The molecule has 1 heterocycles. The second kappa shape index (κ2) is 2.98. The van der Waals surface area contributed by atoms with Crippen molar-refractivity contribution in [1.82, 2.24) is 4.98 Å². The molecule has 0 saturated heterocycles. The zero-order chi connectivity index (χ0) is 9.35. The Labute approximate surface area is 70.4 Å². The normalized spacial score (nSPS) is 11.7. The third-order valence-corrected chi connectivity index (χ3v) is 2.33. The van der Waals surface area contributed by atoms with Crippen LogP contribution in [0.4, 0.5) is 0 Å². The molecular weight excluding hydrogens is 177 g/mol. The number of aryl methyl sites for hydroxylation is 2. The predicted octanol–water partition coefficient (Wildman–Crippen LogP) is 0.501. The number of hydrogen-bond donors (Lipinski definition) is 2. The van der Waals surface area contributed by atoms with Crippen LogP contribution < -0.4 is 5.30 Å². The first-order valence-electron chi connectivity index (χ1n) is 3.41. The first kappa shape index (κ1) is 9.39. The maximum atomic E-state index is 10.8. The van der Waals surface area contributed by atoms with Gasteiger partial charge in [0.25, 0.3) is 0 Å². The average Bonchev–Trinajstić information content (AvgIpc) is 1.82. The fraction of sp³-hybridized carbons (Fsp3) is 0.286. The fourth-order valence-corrected chi connectivity index (χ4v) is 1.69. The number of rotatable bonds is 1. The van der Waals surface area contributed by atoms with Gasteiger partial charge in [-0.1, -0.05) is 0 Å². The highest BCUT2D eigenvalue weighted by Crippen LogP contribution is 2.33. The molecule has 0 aliphatic rings. The molecular formula is C7H10NO3P. The number of nitrogens with zero attached hydrogens (tertiary/aromatic N) is 1. The van der Waals surface area contributed by atoms with Crippen molar-refractivity contribution >= 4 is 12.9 Å². The van der Waals surface area contributed by atoms with Crippen LogP contribution in [0.25, 0.3) is 0 Å². The van der Waals surface area contributed by atoms with Crippen LogP contribution in [0.5, 0.6) is 0 Å². The van der Waals surface area contributed by atoms with Gasteiger partial charge in [-0.05, 0) is 26.0 Å². The molecule has 1 aromatic rings. The van der Waals surface area contributed by atoms with Crippen LogP contribution in [0.3, 0.4) is 0 Å². The number of aromatic nitrogens is 1. The molecule has 2 N–H and O–H groups in total. The summed E-state index contributed by atoms with van der Waals surface area (Å²) in [4.78, 5) is 21.6. The smallest absolute Gasteiger partial charge is 0.321 e. The lowest BCUT2D eigenvalue weighted by Gasteiger charge is -2.05. The fourth-order valence-electron chi connectivity index (χ4n) is 0.981. The van der Waals surface area contributed by atoms with Crippen LogP contribution in [0.15, 0.2) is 12.1 Å². The van der Waals surface area contributed by atoms with Gasteiger partial charge in [-0.2, -0.15) is 0 Å². The van der Waals surface area contributed by atoms with Gasteiger partial charge >= 0.3 is 7.60 Å². The van der Waals surface area contributed by atoms with Gasteiger partial charge < -0.3 is 9.79 Å². The molecule has 0 amide bonds. The minimum atomic E-state index is -4.11. The highest BCUT2D eigenvalue weighted by atomic mass is 31.2. The Morgan fingerprint density at radius 3 is 2.00 bits per heavy atom. The highest BCUT2D eigenvalue weighted by molar-refractivity contribution is 7.60. The van der Waals surface area contributed by atoms with E-state index in [0.717, 1.165) is 0 Å². The van der Waals surface area contributed by atoms with Gasteiger partial charge in [0, 0.05) is 11.4 Å². The predicted molar refractivity (Wildman–Crippen MR) is 45.4 cm³/mol. The summed E-state index contributed by atoms with van der Waals surface area (Å²) in [7, 11) is -4.11. The van der Waals surface area contributed by atoms with E-state index < -0.39 is 7.60 Å². The third-order valence-electron chi connectivity index (χ3n) is 1.40. The molecule has 66 valence electrons. The number of hydrogen-bond acceptors (Lipinski definition) is 2. The monoisotopic (exact) mass is 187 g/mol. The molecule has 0 aromatic carbocycles. The van der Waals surface area contributed by atoms with Crippen molar-refractivity contribution in [3.63, 3.8) is 0 Å². The summed E-state index contributed by atoms with van der Waals surface area (Å²) in [5.41, 5.74) is 1.24. The largest absolute Gasteiger partial charge is 0.356 e. The molecule has 0 unspecified atom stereocenters. The zero-order valence-electron chi connectivity index (χ0n) is 6.85. The average molecular weight is 187 g/mol. The maximum absolute atomic E-state index is 10.8. The van der Waals surface area contributed by atoms with E-state index in [0.29, 0.717) is 11.4 Å². The zero-order valence-corrected chi connectivity index (χ0v) is 7.75. The first-order valence-corrected chi connectivity index (χ1v) is 5.02. The first-order chi connectivity index (χ1) is 5.39. The Kier molecular flexibility index (Phi) is 2.33. The quantitative estimate of drug-likeness (QED) is 0.628. The Bertz CT molecular complexity index is 324. The molecule has 0 fully saturated rings. The molecule has 0 atom stereocenters. The lowest BCUT2D eigenvalue weighted by Crippen LogP contribution is -2.06. The Balaban J connectivity index is 3.27. The molecule has 4 nitrogen and oxygen atoms in total. The second-order valence-electron chi connectivity index (χ2n) is 2.65. The summed E-state index contributed by atoms with van der Waals surface area (Å²) in [6, 6.07) is 2.79. The van der Waals surface area contributed by atoms with Crippen molar-refractivity contribution in [2.45, 2.75) is 13.8 Å². The lowest BCUT2D eigenvalue weighted by molar-refractivity contribution is 0.387. The summed E-state index contributed by atoms with van der Waals surface area (Å²) in [6.45, 7) is 3.40. The van der Waals surface area contributed by atoms with Gasteiger partial charge in [-0.15, -0.1) is 0 Å². The van der Waals surface area contributed by atoms with Crippen LogP contribution >= 0.6 is 7.60 Å². The van der Waals surface area contributed by atoms with Gasteiger partial charge in [-0.3, -0.25) is 9.55 Å². The highest BCUT2D eigenvalue weighted by Gasteiger charge is 2.17. The van der Waals surface area contributed by atoms with Gasteiger partial charge in [-0.25, -0.2) is 0 Å². The maximum Gasteiger partial charge on any atom is 0.356 e. The van der Waals surface area contributed by atoms with E-state index in [1.54, 1.807) is 13.8 Å². The van der Waals surface area contributed by atoms with E-state index in [4.69, 9.17) is 9.79 Å². The molecule has 0 aliphatic carbocycles. The molecule has 0 bridgehead atoms. The summed E-state index contributed by atoms with van der Waals surface area (Å²) in [5, 5.41) is 0.0347. The Morgan fingerprint density at radius 1 is 1.25 bits per heavy atom. The third kappa shape index (κ3) is 2.14. The topological polar surface area (TPSA) is 70.4 Å². The molecule has 0 radical (unpaired) electrons. The van der Waals surface area contributed by atoms with Gasteiger partial charge in [0.05, 0.1) is 5.30 Å². The van der Waals surface area contributed by atoms with Gasteiger partial charge in [0.15, 0.2) is 0 Å². The van der Waals surface area contributed by atoms with E-state index in [9.17, 15) is 4.57 Å². The van der Waals surface area contributed by atoms with Crippen LogP contribution in [0, 0.1) is 13.8 Å². The Hall–Kier alpha value is -0.700. The van der Waals surface area contributed by atoms with Crippen LogP contribution in [-0.4, -0.2) is 14.8 Å². The van der Waals surface area contributed by atoms with Crippen molar-refractivity contribution in [2.75, 3.05) is 0 Å². The minimum Gasteiger partial charge on any atom is -0.321 e. The Morgan fingerprint density at radius 2 is 1.67 bits per heavy atom. The molecule has 5 heteroatoms. The summed E-state index contributed by atoms with van der Waals surface area (Å²) >= 11 is 0. The van der Waals surface area contributed by atoms with Gasteiger partial charge in [0.1, 0.15) is 0 Å². The van der Waals surface area contributed by atoms with Crippen molar-refractivity contribution in [1.29, 1.82) is 0 Å². The van der Waals surface area contributed by atoms with Crippen LogP contribution in [0.1, 0.15) is 11.4 Å². The molecule has 0 aliphatic heterocycles. The van der Waals surface area contributed by atoms with Crippen LogP contribution in [-0.2, 0) is 4.57 Å². The van der Waals surface area contributed by atoms with Crippen molar-refractivity contribution in [2.24, 2.45) is 0 Å². The van der Waals surface area contributed by atoms with Crippen molar-refractivity contribution in [3.8, 4) is 0 Å². The van der Waals surface area contributed by atoms with Crippen molar-refractivity contribution < 1.29 is 14.4 Å². The molecule has 1 rings (SSSR count). The van der Waals surface area contributed by atoms with Crippen molar-refractivity contribution in [3.05, 3.63) is 23.5 Å². The van der Waals surface area contributed by atoms with Crippen LogP contribution in [0.2, 0.25) is 0 Å². The summed E-state index contributed by atoms with van der Waals surface area (Å²) in [6.07, 6.45) is 0. The summed E-state index contributed by atoms with van der Waals surface area (Å²) < 4.78 is 10.8. The molecule has 0 saturated carbocycles. The number of pyridine rings is 1. The molecule has 0 spiro atoms. The lowest BCUT2D eigenvalue weighted by atomic mass is 10.3. The van der Waals surface area contributed by atoms with Gasteiger partial charge in [0.2, 0.25) is 0 Å². The van der Waals surface area contributed by atoms with E-state index in [1.165, 1.54) is 12.1 Å². The minimum absolute atomic E-state index is 0.0347. The second-order valence-corrected chi connectivity index (χ2v) is 4.26. The van der Waals surface area contributed by atoms with E-state index in [-0.39, 0.29) is 5.30 Å². The SMILES string of the molecule is Cc1cc(P(=O)(O)O)cc(C)n1. The summed E-state index contributed by atoms with van der Waals surface area (Å²) in [5.74, 6) is 0. The van der Waals surface area contributed by atoms with E-state index >= 15 is 0 Å².